The molecule has 1 spiro atoms. The molecular weight excluding hydrogens is 1670 g/mol. The molecule has 35 nitrogen and oxygen atoms in total. The Bertz CT molecular complexity index is 5590. The number of quaternary nitrogens is 2. The van der Waals surface area contributed by atoms with Crippen LogP contribution in [0.3, 0.4) is 0 Å². The van der Waals surface area contributed by atoms with Crippen molar-refractivity contribution in [3.8, 4) is 0 Å². The quantitative estimate of drug-likeness (QED) is 0.00935. The number of aliphatic imine (C=N–C) groups is 2. The molecule has 5 N–H and O–H groups in total. The number of nitrogens with zero attached hydrogens (tertiary/aromatic N) is 11. The van der Waals surface area contributed by atoms with Crippen LogP contribution in [0.5, 0.6) is 0 Å². The number of hydroxylamine groups is 2. The van der Waals surface area contributed by atoms with Gasteiger partial charge in [0, 0.05) is 12.8 Å². The molecule has 7 aliphatic heterocycles. The molecule has 1 saturated heterocycles. The van der Waals surface area contributed by atoms with Gasteiger partial charge in [-0.1, -0.05) is 0 Å². The summed E-state index contributed by atoms with van der Waals surface area (Å²) in [5, 5.41) is 3.36. The topological polar surface area (TPSA) is 447 Å². The summed E-state index contributed by atoms with van der Waals surface area (Å²) in [7, 11) is -37.1. The fraction of sp³-hybridized carbons (Fsp3) is 0.527. The summed E-state index contributed by atoms with van der Waals surface area (Å²) in [6.45, 7) is 11.5. The average Bonchev–Trinajstić information content (AvgIpc) is 1.46. The maximum atomic E-state index is 12.5. The zero-order valence-electron chi connectivity index (χ0n) is 65.9. The van der Waals surface area contributed by atoms with E-state index in [9.17, 15) is 87.5 Å². The van der Waals surface area contributed by atoms with Gasteiger partial charge in [-0.2, -0.15) is 0 Å². The molecule has 7 aliphatic rings. The van der Waals surface area contributed by atoms with E-state index in [4.69, 9.17) is 39.0 Å². The van der Waals surface area contributed by atoms with Crippen LogP contribution in [0.25, 0.3) is 21.5 Å². The summed E-state index contributed by atoms with van der Waals surface area (Å²) in [5.41, 5.74) is 3.84. The Labute approximate surface area is 681 Å². The van der Waals surface area contributed by atoms with Crippen molar-refractivity contribution in [3.05, 3.63) is 130 Å². The van der Waals surface area contributed by atoms with Gasteiger partial charge in [-0.25, -0.2) is 4.79 Å². The third-order valence-electron chi connectivity index (χ3n) is 23.2. The van der Waals surface area contributed by atoms with E-state index in [0.29, 0.717) is 122 Å². The monoisotopic (exact) mass is 1770 g/mol. The molecule has 13 rings (SSSR count). The number of imide groups is 1. The van der Waals surface area contributed by atoms with Crippen LogP contribution in [0.1, 0.15) is 112 Å². The fourth-order valence-electron chi connectivity index (χ4n) is 18.6. The number of hydrogen-bond acceptors (Lipinski definition) is 23. The molecule has 6 aromatic rings. The Morgan fingerprint density at radius 2 is 0.752 bits per heavy atom. The number of amides is 2. The number of carbonyl (C=O) groups is 3. The first-order chi connectivity index (χ1) is 55.2. The summed E-state index contributed by atoms with van der Waals surface area (Å²) >= 11 is 0. The number of aromatic nitrogens is 2. The van der Waals surface area contributed by atoms with Gasteiger partial charge in [0.25, 0.3) is 11.8 Å². The van der Waals surface area contributed by atoms with E-state index < -0.39 is 122 Å². The Kier molecular flexibility index (Phi) is 24.9. The van der Waals surface area contributed by atoms with Crippen molar-refractivity contribution in [1.29, 1.82) is 0 Å². The standard InChI is InChI=1S/C74H101N11O24S5Si3/c1-115(2,54-22-40-84(39-21-53-114(101,102)103,35-13-17-49-110(89,90)91)36-14-18-50-111(92,93)94)108-117(109-116(3,4)55-23-41-85(37-15-19-51-112(95,96)97,38-16-20-52-113(98,99)100)42-44-105-46-48-106-47-45-104-43-34-66(88)107-79-64(86)32-33-65(79)87)80-67-56-24-5-6-25-57(56)68(80)76-70-60-28-9-10-29-61(60)72(82(70)117)78-74-63-31-12-11-30-62(63)73(83(74)117)77-71-59-27-8-7-26-58(59)69(75-67)81(71)117/h5-12,24-31H,13-23,32-55H2,1-4H3,(H3-2,89,90,91,92,93,94,95,96,97,98,99,100,101,102,103)/p+2. The zero-order valence-corrected chi connectivity index (χ0v) is 73.0. The second-order valence-electron chi connectivity index (χ2n) is 32.6. The minimum atomic E-state index is -7.48. The van der Waals surface area contributed by atoms with Gasteiger partial charge in [0.15, 0.2) is 0 Å². The molecule has 638 valence electrons. The molecule has 0 atom stereocenters. The molecule has 0 saturated carbocycles. The van der Waals surface area contributed by atoms with Crippen LogP contribution in [-0.2, 0) is 92.3 Å². The Morgan fingerprint density at radius 1 is 0.419 bits per heavy atom. The molecule has 0 aliphatic carbocycles. The van der Waals surface area contributed by atoms with Crippen molar-refractivity contribution in [3.63, 3.8) is 0 Å². The van der Waals surface area contributed by atoms with Crippen LogP contribution in [0.15, 0.2) is 117 Å². The van der Waals surface area contributed by atoms with Crippen LogP contribution < -0.4 is 11.0 Å². The Hall–Kier alpha value is -7.23. The average molecular weight is 1780 g/mol. The number of rotatable bonds is 49. The molecule has 0 unspecified atom stereocenters. The second kappa shape index (κ2) is 33.3. The number of amidine groups is 4. The Morgan fingerprint density at radius 3 is 1.15 bits per heavy atom. The van der Waals surface area contributed by atoms with Gasteiger partial charge >= 0.3 is 606 Å². The van der Waals surface area contributed by atoms with Crippen molar-refractivity contribution in [2.75, 3.05) is 121 Å². The van der Waals surface area contributed by atoms with Crippen molar-refractivity contribution >= 4 is 149 Å². The molecule has 2 amide bonds. The molecule has 117 heavy (non-hydrogen) atoms. The summed E-state index contributed by atoms with van der Waals surface area (Å²) in [4.78, 5) is 64.5. The number of benzene rings is 4. The number of fused-ring (bicyclic) bond motifs is 12. The predicted octanol–water partition coefficient (Wildman–Crippen LogP) is 6.18. The predicted molar refractivity (Wildman–Crippen MR) is 440 cm³/mol. The maximum absolute atomic E-state index is 12.5. The molecule has 9 heterocycles. The summed E-state index contributed by atoms with van der Waals surface area (Å²) in [6, 6.07) is 32.4. The van der Waals surface area contributed by atoms with E-state index in [1.165, 1.54) is 0 Å². The van der Waals surface area contributed by atoms with Crippen LogP contribution in [0.2, 0.25) is 38.3 Å². The normalized spacial score (nSPS) is 17.7. The van der Waals surface area contributed by atoms with E-state index >= 15 is 0 Å². The van der Waals surface area contributed by atoms with Gasteiger partial charge in [-0.3, -0.25) is 9.59 Å². The van der Waals surface area contributed by atoms with E-state index in [-0.39, 0.29) is 132 Å². The first kappa shape index (κ1) is 87.6. The van der Waals surface area contributed by atoms with Crippen molar-refractivity contribution in [2.24, 2.45) is 20.0 Å². The molecule has 0 bridgehead atoms. The van der Waals surface area contributed by atoms with Crippen molar-refractivity contribution in [1.82, 2.24) is 13.5 Å². The number of ether oxygens (including phenoxy) is 3. The summed E-state index contributed by atoms with van der Waals surface area (Å²) in [5.74, 6) is -1.90. The summed E-state index contributed by atoms with van der Waals surface area (Å²) in [6.07, 6.45) is 1.76. The van der Waals surface area contributed by atoms with Gasteiger partial charge in [0.2, 0.25) is 0 Å². The SMILES string of the molecule is C[Si](C)(CCC[N+](CCCCS(=O)(=O)O)(CCCCS(=O)(=O)O)CCCS(=O)(=O)O)O[Si-2]123(O[Si](C)(C)CCC[N+](CCCCS(=O)(=O)O)(CCCCS(=O)(=O)O)CCOCCOCCOCCC(=O)ON4C(=O)CCC4=O)n4c5c6ccccc6c4N=C4c6ccccc6C(=[N+]41)N=c1c4ccccc4c(n12)=NC1=[N+]3C(=N5)c2ccccc21. The van der Waals surface area contributed by atoms with Gasteiger partial charge in [0.1, 0.15) is 0 Å². The van der Waals surface area contributed by atoms with Gasteiger partial charge in [-0.15, -0.1) is 5.06 Å². The Balaban J connectivity index is 0.931. The molecular formula is C74H103N11O24S5Si3+2. The molecule has 2 aromatic heterocycles. The molecule has 0 radical (unpaired) electrons. The van der Waals surface area contributed by atoms with Crippen LogP contribution in [0.4, 0.5) is 11.6 Å². The van der Waals surface area contributed by atoms with Crippen molar-refractivity contribution in [2.45, 2.75) is 128 Å². The first-order valence-electron chi connectivity index (χ1n) is 39.6. The van der Waals surface area contributed by atoms with Crippen LogP contribution in [0, 0.1) is 0 Å². The van der Waals surface area contributed by atoms with E-state index in [0.717, 1.165) is 43.8 Å². The van der Waals surface area contributed by atoms with Gasteiger partial charge < -0.3 is 9.57 Å². The first-order valence-corrected chi connectivity index (χ1v) is 56.5. The zero-order chi connectivity index (χ0) is 83.9. The minimum absolute atomic E-state index is 0.0327. The number of unbranched alkanes of at least 4 members (excludes halogenated alkanes) is 4. The van der Waals surface area contributed by atoms with Crippen LogP contribution in [-0.4, -0.2) is 282 Å². The van der Waals surface area contributed by atoms with Crippen LogP contribution >= 0.6 is 0 Å². The molecule has 4 aromatic carbocycles. The van der Waals surface area contributed by atoms with Crippen molar-refractivity contribution < 1.29 is 124 Å². The summed E-state index contributed by atoms with van der Waals surface area (Å²) < 4.78 is 219. The fourth-order valence-corrected chi connectivity index (χ4v) is 43.6. The third-order valence-corrected chi connectivity index (χ3v) is 43.9. The van der Waals surface area contributed by atoms with E-state index in [2.05, 4.69) is 43.1 Å². The third kappa shape index (κ3) is 17.7. The van der Waals surface area contributed by atoms with Gasteiger partial charge in [0.05, 0.1) is 26.2 Å². The number of carbonyl (C=O) groups excluding carboxylic acids is 3. The van der Waals surface area contributed by atoms with E-state index in [1.807, 2.05) is 97.1 Å². The molecule has 43 heteroatoms. The molecule has 1 fully saturated rings. The number of hydrogen-bond donors (Lipinski definition) is 5. The second-order valence-corrected chi connectivity index (χ2v) is 54.8. The van der Waals surface area contributed by atoms with E-state index in [1.54, 1.807) is 0 Å². The van der Waals surface area contributed by atoms with Gasteiger partial charge in [-0.05, 0) is 0 Å².